The SMILES string of the molecule is Cc1cc(C2=NC=C3C(NC(C(N)=O)C4CC4)=COCC4=C3N2CC4)nc(CO)n1. The van der Waals surface area contributed by atoms with Gasteiger partial charge in [-0.1, -0.05) is 0 Å². The summed E-state index contributed by atoms with van der Waals surface area (Å²) in [7, 11) is 0. The second-order valence-electron chi connectivity index (χ2n) is 8.02. The smallest absolute Gasteiger partial charge is 0.240 e. The molecule has 0 radical (unpaired) electrons. The Bertz CT molecular complexity index is 1040. The molecule has 9 heteroatoms. The molecule has 1 unspecified atom stereocenters. The zero-order chi connectivity index (χ0) is 20.8. The van der Waals surface area contributed by atoms with Gasteiger partial charge in [-0.15, -0.1) is 0 Å². The van der Waals surface area contributed by atoms with Crippen LogP contribution in [0.4, 0.5) is 0 Å². The van der Waals surface area contributed by atoms with Gasteiger partial charge in [0.1, 0.15) is 31.2 Å². The first-order chi connectivity index (χ1) is 14.5. The van der Waals surface area contributed by atoms with Gasteiger partial charge in [-0.3, -0.25) is 4.79 Å². The standard InChI is InChI=1S/C21H24N6O3/c1-11-6-15(25-17(8-28)24-11)21-23-7-14-16(26-18(20(22)29)12-2-3-12)10-30-9-13-4-5-27(21)19(13)14/h6-7,10,12,18,26,28H,2-5,8-9H2,1H3,(H2,22,29). The molecule has 0 spiro atoms. The second kappa shape index (κ2) is 7.24. The van der Waals surface area contributed by atoms with Gasteiger partial charge in [0.15, 0.2) is 11.7 Å². The van der Waals surface area contributed by atoms with Gasteiger partial charge >= 0.3 is 0 Å². The van der Waals surface area contributed by atoms with Gasteiger partial charge in [-0.05, 0) is 43.7 Å². The molecule has 4 aliphatic rings. The summed E-state index contributed by atoms with van der Waals surface area (Å²) in [5, 5.41) is 12.8. The lowest BCUT2D eigenvalue weighted by molar-refractivity contribution is -0.120. The number of nitrogens with zero attached hydrogens (tertiary/aromatic N) is 4. The van der Waals surface area contributed by atoms with Gasteiger partial charge in [0.05, 0.1) is 11.4 Å². The van der Waals surface area contributed by atoms with Crippen molar-refractivity contribution in [3.05, 3.63) is 58.3 Å². The molecule has 1 aromatic rings. The fourth-order valence-electron chi connectivity index (χ4n) is 4.25. The topological polar surface area (TPSA) is 126 Å². The van der Waals surface area contributed by atoms with E-state index in [2.05, 4.69) is 20.2 Å². The number of primary amides is 1. The van der Waals surface area contributed by atoms with E-state index in [1.54, 1.807) is 12.5 Å². The number of carbonyl (C=O) groups excluding carboxylic acids is 1. The van der Waals surface area contributed by atoms with Crippen LogP contribution in [0.15, 0.2) is 46.1 Å². The van der Waals surface area contributed by atoms with Gasteiger partial charge in [-0.25, -0.2) is 15.0 Å². The number of ether oxygens (including phenoxy) is 1. The predicted octanol–water partition coefficient (Wildman–Crippen LogP) is 0.606. The monoisotopic (exact) mass is 408 g/mol. The summed E-state index contributed by atoms with van der Waals surface area (Å²) in [5.74, 6) is 1.01. The number of aliphatic hydroxyl groups is 1. The lowest BCUT2D eigenvalue weighted by Crippen LogP contribution is -2.43. The molecule has 1 fully saturated rings. The van der Waals surface area contributed by atoms with E-state index in [4.69, 9.17) is 15.5 Å². The normalized spacial score (nSPS) is 21.1. The fourth-order valence-corrected chi connectivity index (χ4v) is 4.25. The minimum atomic E-state index is -0.417. The first-order valence-electron chi connectivity index (χ1n) is 10.2. The van der Waals surface area contributed by atoms with Crippen LogP contribution in [0.25, 0.3) is 0 Å². The summed E-state index contributed by atoms with van der Waals surface area (Å²) >= 11 is 0. The molecule has 1 saturated carbocycles. The predicted molar refractivity (Wildman–Crippen MR) is 109 cm³/mol. The first kappa shape index (κ1) is 18.8. The zero-order valence-electron chi connectivity index (χ0n) is 16.8. The van der Waals surface area contributed by atoms with Crippen LogP contribution < -0.4 is 11.1 Å². The molecule has 4 heterocycles. The van der Waals surface area contributed by atoms with Crippen LogP contribution >= 0.6 is 0 Å². The van der Waals surface area contributed by atoms with Crippen molar-refractivity contribution in [1.29, 1.82) is 0 Å². The van der Waals surface area contributed by atoms with Crippen molar-refractivity contribution in [2.75, 3.05) is 13.2 Å². The molecule has 0 bridgehead atoms. The Morgan fingerprint density at radius 1 is 1.43 bits per heavy atom. The van der Waals surface area contributed by atoms with Crippen LogP contribution in [0, 0.1) is 12.8 Å². The lowest BCUT2D eigenvalue weighted by atomic mass is 10.0. The van der Waals surface area contributed by atoms with Crippen LogP contribution in [0.3, 0.4) is 0 Å². The number of nitrogens with two attached hydrogens (primary N) is 1. The number of rotatable bonds is 6. The number of aliphatic imine (C=N–C) groups is 1. The minimum Gasteiger partial charge on any atom is -0.495 e. The minimum absolute atomic E-state index is 0.225. The highest BCUT2D eigenvalue weighted by molar-refractivity contribution is 6.00. The molecule has 4 N–H and O–H groups in total. The van der Waals surface area contributed by atoms with Gasteiger partial charge in [-0.2, -0.15) is 0 Å². The highest BCUT2D eigenvalue weighted by atomic mass is 16.5. The molecule has 1 aromatic heterocycles. The van der Waals surface area contributed by atoms with E-state index in [9.17, 15) is 9.90 Å². The van der Waals surface area contributed by atoms with Crippen LogP contribution in [0.2, 0.25) is 0 Å². The number of aromatic nitrogens is 2. The molecule has 0 aromatic carbocycles. The van der Waals surface area contributed by atoms with E-state index in [-0.39, 0.29) is 18.4 Å². The van der Waals surface area contributed by atoms with E-state index >= 15 is 0 Å². The van der Waals surface area contributed by atoms with E-state index in [1.807, 2.05) is 13.0 Å². The zero-order valence-corrected chi connectivity index (χ0v) is 16.8. The fraction of sp³-hybridized carbons (Fsp3) is 0.429. The Labute approximate surface area is 174 Å². The van der Waals surface area contributed by atoms with Crippen molar-refractivity contribution in [2.24, 2.45) is 16.6 Å². The summed E-state index contributed by atoms with van der Waals surface area (Å²) in [5.41, 5.74) is 10.9. The summed E-state index contributed by atoms with van der Waals surface area (Å²) in [6, 6.07) is 1.45. The van der Waals surface area contributed by atoms with Crippen LogP contribution in [0.5, 0.6) is 0 Å². The van der Waals surface area contributed by atoms with Crippen molar-refractivity contribution in [1.82, 2.24) is 20.2 Å². The van der Waals surface area contributed by atoms with Gasteiger partial charge < -0.3 is 25.8 Å². The first-order valence-corrected chi connectivity index (χ1v) is 10.2. The number of aliphatic hydroxyl groups excluding tert-OH is 1. The molecule has 30 heavy (non-hydrogen) atoms. The highest BCUT2D eigenvalue weighted by Crippen LogP contribution is 2.39. The number of hydrogen-bond acceptors (Lipinski definition) is 8. The summed E-state index contributed by atoms with van der Waals surface area (Å²) < 4.78 is 5.79. The summed E-state index contributed by atoms with van der Waals surface area (Å²) in [4.78, 5) is 27.5. The molecule has 1 amide bonds. The van der Waals surface area contributed by atoms with Crippen molar-refractivity contribution in [3.63, 3.8) is 0 Å². The quantitative estimate of drug-likeness (QED) is 0.629. The Morgan fingerprint density at radius 2 is 2.27 bits per heavy atom. The Kier molecular flexibility index (Phi) is 4.54. The molecule has 1 atom stereocenters. The number of nitrogens with one attached hydrogen (secondary N) is 1. The summed E-state index contributed by atoms with van der Waals surface area (Å²) in [6.07, 6.45) is 6.30. The van der Waals surface area contributed by atoms with E-state index < -0.39 is 6.04 Å². The maximum absolute atomic E-state index is 12.0. The second-order valence-corrected chi connectivity index (χ2v) is 8.02. The van der Waals surface area contributed by atoms with Gasteiger partial charge in [0.2, 0.25) is 5.91 Å². The van der Waals surface area contributed by atoms with Crippen LogP contribution in [-0.2, 0) is 16.1 Å². The molecule has 9 nitrogen and oxygen atoms in total. The average molecular weight is 408 g/mol. The number of carbonyl (C=O) groups is 1. The Balaban J connectivity index is 1.54. The van der Waals surface area contributed by atoms with Crippen molar-refractivity contribution in [3.8, 4) is 0 Å². The van der Waals surface area contributed by atoms with Crippen LogP contribution in [0.1, 0.15) is 36.5 Å². The molecular formula is C21H24N6O3. The van der Waals surface area contributed by atoms with Crippen molar-refractivity contribution < 1.29 is 14.6 Å². The summed E-state index contributed by atoms with van der Waals surface area (Å²) in [6.45, 7) is 2.89. The molecule has 3 aliphatic heterocycles. The number of hydrogen-bond donors (Lipinski definition) is 3. The van der Waals surface area contributed by atoms with E-state index in [0.29, 0.717) is 18.1 Å². The average Bonchev–Trinajstić information content (AvgIpc) is 3.50. The lowest BCUT2D eigenvalue weighted by Gasteiger charge is -2.30. The molecule has 156 valence electrons. The molecular weight excluding hydrogens is 384 g/mol. The Morgan fingerprint density at radius 3 is 3.00 bits per heavy atom. The van der Waals surface area contributed by atoms with E-state index in [1.165, 1.54) is 5.57 Å². The Hall–Kier alpha value is -3.20. The number of amides is 1. The number of aryl methyl sites for hydroxylation is 1. The van der Waals surface area contributed by atoms with E-state index in [0.717, 1.165) is 54.3 Å². The molecule has 0 saturated heterocycles. The number of amidine groups is 1. The molecule has 1 aliphatic carbocycles. The van der Waals surface area contributed by atoms with Gasteiger partial charge in [0.25, 0.3) is 0 Å². The third kappa shape index (κ3) is 3.24. The van der Waals surface area contributed by atoms with Crippen molar-refractivity contribution in [2.45, 2.75) is 38.8 Å². The largest absolute Gasteiger partial charge is 0.495 e. The maximum Gasteiger partial charge on any atom is 0.240 e. The molecule has 5 rings (SSSR count). The third-order valence-electron chi connectivity index (χ3n) is 5.80. The van der Waals surface area contributed by atoms with Gasteiger partial charge in [0, 0.05) is 24.0 Å². The maximum atomic E-state index is 12.0. The highest BCUT2D eigenvalue weighted by Gasteiger charge is 2.39. The van der Waals surface area contributed by atoms with Crippen LogP contribution in [-0.4, -0.2) is 50.9 Å². The van der Waals surface area contributed by atoms with Crippen molar-refractivity contribution >= 4 is 11.7 Å². The third-order valence-corrected chi connectivity index (χ3v) is 5.80.